The number of hydrogen-bond donors (Lipinski definition) is 0. The third kappa shape index (κ3) is 3.91. The van der Waals surface area contributed by atoms with Gasteiger partial charge in [-0.2, -0.15) is 0 Å². The lowest BCUT2D eigenvalue weighted by molar-refractivity contribution is -0.133. The van der Waals surface area contributed by atoms with Crippen LogP contribution >= 0.6 is 11.6 Å². The normalized spacial score (nSPS) is 15.7. The lowest BCUT2D eigenvalue weighted by Crippen LogP contribution is -2.39. The van der Waals surface area contributed by atoms with Crippen LogP contribution in [0.15, 0.2) is 64.5 Å². The van der Waals surface area contributed by atoms with Crippen LogP contribution in [0.2, 0.25) is 5.02 Å². The molecule has 0 N–H and O–H groups in total. The van der Waals surface area contributed by atoms with E-state index in [4.69, 9.17) is 11.6 Å². The number of benzene rings is 2. The van der Waals surface area contributed by atoms with Crippen molar-refractivity contribution < 1.29 is 13.2 Å². The first-order valence-electron chi connectivity index (χ1n) is 9.72. The van der Waals surface area contributed by atoms with Gasteiger partial charge in [0.1, 0.15) is 6.54 Å². The molecule has 152 valence electrons. The van der Waals surface area contributed by atoms with Gasteiger partial charge in [0.15, 0.2) is 0 Å². The van der Waals surface area contributed by atoms with E-state index in [0.29, 0.717) is 16.3 Å². The molecule has 2 heterocycles. The molecule has 1 aliphatic heterocycles. The highest BCUT2D eigenvalue weighted by molar-refractivity contribution is 7.91. The highest BCUT2D eigenvalue weighted by Crippen LogP contribution is 2.31. The number of aromatic nitrogens is 1. The van der Waals surface area contributed by atoms with Gasteiger partial charge in [0.2, 0.25) is 15.7 Å². The maximum atomic E-state index is 13.2. The lowest BCUT2D eigenvalue weighted by atomic mass is 9.99. The van der Waals surface area contributed by atoms with Crippen LogP contribution in [0.5, 0.6) is 0 Å². The lowest BCUT2D eigenvalue weighted by Gasteiger charge is -2.30. The molecule has 3 aromatic rings. The third-order valence-corrected chi connectivity index (χ3v) is 7.66. The topological polar surface area (TPSA) is 59.4 Å². The molecule has 0 atom stereocenters. The quantitative estimate of drug-likeness (QED) is 0.616. The number of likely N-dealkylation sites (tertiary alicyclic amines) is 1. The molecule has 2 aromatic carbocycles. The van der Waals surface area contributed by atoms with E-state index in [2.05, 4.69) is 6.92 Å². The number of nitrogens with zero attached hydrogens (tertiary/aromatic N) is 2. The van der Waals surface area contributed by atoms with E-state index >= 15 is 0 Å². The van der Waals surface area contributed by atoms with Crippen LogP contribution in [-0.4, -0.2) is 36.9 Å². The molecule has 1 saturated heterocycles. The fourth-order valence-corrected chi connectivity index (χ4v) is 5.40. The van der Waals surface area contributed by atoms with E-state index in [-0.39, 0.29) is 22.2 Å². The van der Waals surface area contributed by atoms with Gasteiger partial charge in [-0.3, -0.25) is 4.79 Å². The molecule has 1 aliphatic rings. The molecule has 0 radical (unpaired) electrons. The number of carbonyl (C=O) groups excluding carboxylic acids is 1. The Morgan fingerprint density at radius 3 is 2.41 bits per heavy atom. The van der Waals surface area contributed by atoms with Crippen molar-refractivity contribution >= 4 is 38.2 Å². The zero-order valence-corrected chi connectivity index (χ0v) is 17.8. The van der Waals surface area contributed by atoms with Crippen molar-refractivity contribution in [3.8, 4) is 0 Å². The van der Waals surface area contributed by atoms with Crippen molar-refractivity contribution in [1.82, 2.24) is 9.47 Å². The monoisotopic (exact) mass is 430 g/mol. The SMILES string of the molecule is CC1CCN(C(=O)Cn2cc(S(=O)(=O)c3ccc(Cl)cc3)c3ccccc32)CC1. The maximum absolute atomic E-state index is 13.2. The number of halogens is 1. The molecule has 0 aliphatic carbocycles. The molecule has 7 heteroatoms. The Balaban J connectivity index is 1.70. The van der Waals surface area contributed by atoms with Gasteiger partial charge in [-0.15, -0.1) is 0 Å². The zero-order valence-electron chi connectivity index (χ0n) is 16.2. The average molecular weight is 431 g/mol. The van der Waals surface area contributed by atoms with Crippen LogP contribution in [0.25, 0.3) is 10.9 Å². The van der Waals surface area contributed by atoms with Crippen LogP contribution in [0.1, 0.15) is 19.8 Å². The number of hydrogen-bond acceptors (Lipinski definition) is 3. The third-order valence-electron chi connectivity index (χ3n) is 5.61. The molecule has 1 fully saturated rings. The molecule has 0 spiro atoms. The molecule has 0 bridgehead atoms. The number of piperidine rings is 1. The molecule has 1 aromatic heterocycles. The van der Waals surface area contributed by atoms with Crippen LogP contribution < -0.4 is 0 Å². The number of para-hydroxylation sites is 1. The summed E-state index contributed by atoms with van der Waals surface area (Å²) in [6.45, 7) is 3.85. The number of carbonyl (C=O) groups is 1. The van der Waals surface area contributed by atoms with Gasteiger partial charge in [-0.25, -0.2) is 8.42 Å². The van der Waals surface area contributed by atoms with Gasteiger partial charge in [-0.1, -0.05) is 36.7 Å². The minimum Gasteiger partial charge on any atom is -0.341 e. The first-order valence-corrected chi connectivity index (χ1v) is 11.6. The highest BCUT2D eigenvalue weighted by atomic mass is 35.5. The van der Waals surface area contributed by atoms with E-state index in [0.717, 1.165) is 31.4 Å². The Kier molecular flexibility index (Phi) is 5.40. The fourth-order valence-electron chi connectivity index (χ4n) is 3.80. The largest absolute Gasteiger partial charge is 0.341 e. The summed E-state index contributed by atoms with van der Waals surface area (Å²) >= 11 is 5.91. The summed E-state index contributed by atoms with van der Waals surface area (Å²) in [7, 11) is -3.73. The van der Waals surface area contributed by atoms with E-state index < -0.39 is 9.84 Å². The number of fused-ring (bicyclic) bond motifs is 1. The average Bonchev–Trinajstić information content (AvgIpc) is 3.08. The Morgan fingerprint density at radius 1 is 1.07 bits per heavy atom. The molecule has 0 saturated carbocycles. The Labute approximate surface area is 175 Å². The molecular formula is C22H23ClN2O3S. The van der Waals surface area contributed by atoms with Crippen LogP contribution in [0.4, 0.5) is 0 Å². The van der Waals surface area contributed by atoms with Crippen molar-refractivity contribution in [3.05, 3.63) is 59.8 Å². The maximum Gasteiger partial charge on any atom is 0.242 e. The Bertz CT molecular complexity index is 1140. The van der Waals surface area contributed by atoms with Crippen molar-refractivity contribution in [3.63, 3.8) is 0 Å². The van der Waals surface area contributed by atoms with E-state index in [1.165, 1.54) is 12.1 Å². The highest BCUT2D eigenvalue weighted by Gasteiger charge is 2.25. The second kappa shape index (κ2) is 7.84. The summed E-state index contributed by atoms with van der Waals surface area (Å²) in [5, 5.41) is 1.09. The summed E-state index contributed by atoms with van der Waals surface area (Å²) in [4.78, 5) is 15.1. The molecular weight excluding hydrogens is 408 g/mol. The Hall–Kier alpha value is -2.31. The predicted octanol–water partition coefficient (Wildman–Crippen LogP) is 4.39. The molecule has 4 rings (SSSR count). The Morgan fingerprint density at radius 2 is 1.72 bits per heavy atom. The standard InChI is InChI=1S/C22H23ClN2O3S/c1-16-10-12-24(13-11-16)22(26)15-25-14-21(19-4-2-3-5-20(19)25)29(27,28)18-8-6-17(23)7-9-18/h2-9,14,16H,10-13,15H2,1H3. The minimum atomic E-state index is -3.73. The smallest absolute Gasteiger partial charge is 0.242 e. The van der Waals surface area contributed by atoms with E-state index in [1.807, 2.05) is 17.0 Å². The van der Waals surface area contributed by atoms with Crippen molar-refractivity contribution in [2.75, 3.05) is 13.1 Å². The number of rotatable bonds is 4. The van der Waals surface area contributed by atoms with Gasteiger partial charge in [0.05, 0.1) is 9.79 Å². The van der Waals surface area contributed by atoms with Crippen molar-refractivity contribution in [2.24, 2.45) is 5.92 Å². The van der Waals surface area contributed by atoms with Crippen LogP contribution in [-0.2, 0) is 21.2 Å². The molecule has 5 nitrogen and oxygen atoms in total. The van der Waals surface area contributed by atoms with Crippen LogP contribution in [0.3, 0.4) is 0 Å². The summed E-state index contributed by atoms with van der Waals surface area (Å²) in [5.41, 5.74) is 0.735. The molecule has 1 amide bonds. The first kappa shape index (κ1) is 20.0. The van der Waals surface area contributed by atoms with Gasteiger partial charge >= 0.3 is 0 Å². The fraction of sp³-hybridized carbons (Fsp3) is 0.318. The zero-order chi connectivity index (χ0) is 20.6. The van der Waals surface area contributed by atoms with Crippen molar-refractivity contribution in [1.29, 1.82) is 0 Å². The number of amides is 1. The van der Waals surface area contributed by atoms with Gasteiger partial charge in [-0.05, 0) is 49.1 Å². The number of sulfone groups is 1. The molecule has 0 unspecified atom stereocenters. The second-order valence-electron chi connectivity index (χ2n) is 7.66. The minimum absolute atomic E-state index is 0.0214. The van der Waals surface area contributed by atoms with E-state index in [9.17, 15) is 13.2 Å². The van der Waals surface area contributed by atoms with E-state index in [1.54, 1.807) is 35.0 Å². The van der Waals surface area contributed by atoms with Crippen LogP contribution in [0, 0.1) is 5.92 Å². The summed E-state index contributed by atoms with van der Waals surface area (Å²) in [6.07, 6.45) is 3.60. The van der Waals surface area contributed by atoms with Crippen molar-refractivity contribution in [2.45, 2.75) is 36.1 Å². The summed E-state index contributed by atoms with van der Waals surface area (Å²) in [6, 6.07) is 13.4. The summed E-state index contributed by atoms with van der Waals surface area (Å²) < 4.78 is 28.2. The summed E-state index contributed by atoms with van der Waals surface area (Å²) in [5.74, 6) is 0.663. The van der Waals surface area contributed by atoms with Gasteiger partial charge in [0, 0.05) is 35.2 Å². The second-order valence-corrected chi connectivity index (χ2v) is 10.0. The predicted molar refractivity (Wildman–Crippen MR) is 114 cm³/mol. The first-order chi connectivity index (χ1) is 13.9. The van der Waals surface area contributed by atoms with Gasteiger partial charge < -0.3 is 9.47 Å². The van der Waals surface area contributed by atoms with Gasteiger partial charge in [0.25, 0.3) is 0 Å². The molecule has 29 heavy (non-hydrogen) atoms.